The molecule has 168 valence electrons. The number of nitrogens with one attached hydrogen (secondary N) is 1. The van der Waals surface area contributed by atoms with E-state index < -0.39 is 0 Å². The van der Waals surface area contributed by atoms with E-state index in [2.05, 4.69) is 10.3 Å². The SMILES string of the molecule is O=C1/C(=C/c2c(NC[C@@H]3CCCO3)nc3ccccn3c2=O)SC(=S)N1C1CCCCC1. The summed E-state index contributed by atoms with van der Waals surface area (Å²) in [6.07, 6.45) is 10.9. The van der Waals surface area contributed by atoms with E-state index in [0.717, 1.165) is 45.1 Å². The van der Waals surface area contributed by atoms with Gasteiger partial charge in [0.2, 0.25) is 0 Å². The lowest BCUT2D eigenvalue weighted by Crippen LogP contribution is -2.39. The summed E-state index contributed by atoms with van der Waals surface area (Å²) in [5.74, 6) is 0.370. The summed E-state index contributed by atoms with van der Waals surface area (Å²) in [4.78, 5) is 33.5. The summed E-state index contributed by atoms with van der Waals surface area (Å²) >= 11 is 6.83. The summed E-state index contributed by atoms with van der Waals surface area (Å²) in [5.41, 5.74) is 0.712. The highest BCUT2D eigenvalue weighted by atomic mass is 32.2. The van der Waals surface area contributed by atoms with Crippen molar-refractivity contribution in [3.05, 3.63) is 45.2 Å². The molecule has 5 rings (SSSR count). The number of carbonyl (C=O) groups excluding carboxylic acids is 1. The molecule has 1 amide bonds. The van der Waals surface area contributed by atoms with Gasteiger partial charge in [-0.05, 0) is 43.9 Å². The van der Waals surface area contributed by atoms with E-state index in [0.29, 0.717) is 32.8 Å². The number of fused-ring (bicyclic) bond motifs is 1. The van der Waals surface area contributed by atoms with Crippen LogP contribution in [0.1, 0.15) is 50.5 Å². The number of anilines is 1. The Labute approximate surface area is 196 Å². The first-order chi connectivity index (χ1) is 15.6. The van der Waals surface area contributed by atoms with Crippen LogP contribution in [-0.2, 0) is 9.53 Å². The average molecular weight is 471 g/mol. The minimum atomic E-state index is -0.214. The largest absolute Gasteiger partial charge is 0.376 e. The molecule has 0 radical (unpaired) electrons. The number of pyridine rings is 1. The number of hydrogen-bond acceptors (Lipinski definition) is 7. The molecule has 1 atom stereocenters. The maximum Gasteiger partial charge on any atom is 0.267 e. The van der Waals surface area contributed by atoms with Crippen LogP contribution < -0.4 is 10.9 Å². The van der Waals surface area contributed by atoms with Crippen molar-refractivity contribution in [2.75, 3.05) is 18.5 Å². The summed E-state index contributed by atoms with van der Waals surface area (Å²) in [6, 6.07) is 5.60. The highest BCUT2D eigenvalue weighted by Crippen LogP contribution is 2.37. The summed E-state index contributed by atoms with van der Waals surface area (Å²) in [5, 5.41) is 3.30. The van der Waals surface area contributed by atoms with Crippen LogP contribution >= 0.6 is 24.0 Å². The van der Waals surface area contributed by atoms with Crippen LogP contribution in [0.5, 0.6) is 0 Å². The highest BCUT2D eigenvalue weighted by Gasteiger charge is 2.37. The van der Waals surface area contributed by atoms with Crippen molar-refractivity contribution in [2.24, 2.45) is 0 Å². The Bertz CT molecular complexity index is 1130. The number of carbonyl (C=O) groups is 1. The Morgan fingerprint density at radius 3 is 2.81 bits per heavy atom. The molecule has 4 heterocycles. The van der Waals surface area contributed by atoms with Crippen LogP contribution in [0.15, 0.2) is 34.1 Å². The molecule has 2 aromatic heterocycles. The molecule has 0 unspecified atom stereocenters. The standard InChI is InChI=1S/C23H26N4O3S2/c28-21-17(13-18-22(29)27(23(31)32-18)15-7-2-1-3-8-15)20(24-14-16-9-6-12-30-16)25-19-10-4-5-11-26(19)21/h4-5,10-11,13,15-16,24H,1-3,6-9,12,14H2/b18-13-/t16-/m0/s1. The maximum absolute atomic E-state index is 13.3. The van der Waals surface area contributed by atoms with Gasteiger partial charge in [-0.2, -0.15) is 0 Å². The van der Waals surface area contributed by atoms with Gasteiger partial charge in [-0.1, -0.05) is 49.3 Å². The van der Waals surface area contributed by atoms with Gasteiger partial charge in [-0.15, -0.1) is 0 Å². The number of amides is 1. The molecule has 1 saturated carbocycles. The van der Waals surface area contributed by atoms with E-state index >= 15 is 0 Å². The molecule has 1 aliphatic carbocycles. The zero-order valence-corrected chi connectivity index (χ0v) is 19.4. The van der Waals surface area contributed by atoms with Crippen molar-refractivity contribution < 1.29 is 9.53 Å². The molecule has 9 heteroatoms. The number of aromatic nitrogens is 2. The third kappa shape index (κ3) is 4.21. The quantitative estimate of drug-likeness (QED) is 0.526. The van der Waals surface area contributed by atoms with Crippen molar-refractivity contribution in [2.45, 2.75) is 57.1 Å². The molecule has 0 bridgehead atoms. The van der Waals surface area contributed by atoms with E-state index in [4.69, 9.17) is 17.0 Å². The van der Waals surface area contributed by atoms with Gasteiger partial charge >= 0.3 is 0 Å². The third-order valence-electron chi connectivity index (χ3n) is 6.33. The predicted octanol–water partition coefficient (Wildman–Crippen LogP) is 3.82. The molecule has 2 aromatic rings. The van der Waals surface area contributed by atoms with Gasteiger partial charge in [0.1, 0.15) is 15.8 Å². The first-order valence-corrected chi connectivity index (χ1v) is 12.5. The van der Waals surface area contributed by atoms with Gasteiger partial charge in [-0.3, -0.25) is 18.9 Å². The Balaban J connectivity index is 1.50. The van der Waals surface area contributed by atoms with Crippen LogP contribution in [0.3, 0.4) is 0 Å². The maximum atomic E-state index is 13.3. The lowest BCUT2D eigenvalue weighted by atomic mass is 9.94. The Morgan fingerprint density at radius 1 is 1.19 bits per heavy atom. The van der Waals surface area contributed by atoms with Crippen molar-refractivity contribution in [3.8, 4) is 0 Å². The molecule has 3 aliphatic rings. The number of thiocarbonyl (C=S) groups is 1. The van der Waals surface area contributed by atoms with Gasteiger partial charge < -0.3 is 10.1 Å². The topological polar surface area (TPSA) is 75.9 Å². The Morgan fingerprint density at radius 2 is 2.03 bits per heavy atom. The zero-order valence-electron chi connectivity index (χ0n) is 17.8. The van der Waals surface area contributed by atoms with Gasteiger partial charge in [0.25, 0.3) is 11.5 Å². The summed E-state index contributed by atoms with van der Waals surface area (Å²) in [6.45, 7) is 1.33. The van der Waals surface area contributed by atoms with Crippen molar-refractivity contribution >= 4 is 51.7 Å². The summed E-state index contributed by atoms with van der Waals surface area (Å²) < 4.78 is 7.79. The third-order valence-corrected chi connectivity index (χ3v) is 7.66. The number of thioether (sulfide) groups is 1. The van der Waals surface area contributed by atoms with Gasteiger partial charge in [0.05, 0.1) is 16.6 Å². The van der Waals surface area contributed by atoms with Crippen LogP contribution in [0.4, 0.5) is 5.82 Å². The van der Waals surface area contributed by atoms with E-state index in [1.54, 1.807) is 29.3 Å². The molecule has 2 aliphatic heterocycles. The highest BCUT2D eigenvalue weighted by molar-refractivity contribution is 8.26. The van der Waals surface area contributed by atoms with Gasteiger partial charge in [0.15, 0.2) is 0 Å². The van der Waals surface area contributed by atoms with Gasteiger partial charge in [-0.25, -0.2) is 4.98 Å². The number of hydrogen-bond donors (Lipinski definition) is 1. The Kier molecular flexibility index (Phi) is 6.30. The fourth-order valence-corrected chi connectivity index (χ4v) is 6.03. The molecular weight excluding hydrogens is 444 g/mol. The molecule has 3 fully saturated rings. The minimum Gasteiger partial charge on any atom is -0.376 e. The van der Waals surface area contributed by atoms with Crippen LogP contribution in [0.2, 0.25) is 0 Å². The molecule has 2 saturated heterocycles. The number of rotatable bonds is 5. The fraction of sp³-hybridized carbons (Fsp3) is 0.478. The number of ether oxygens (including phenoxy) is 1. The molecular formula is C23H26N4O3S2. The second-order valence-electron chi connectivity index (χ2n) is 8.47. The van der Waals surface area contributed by atoms with Crippen molar-refractivity contribution in [3.63, 3.8) is 0 Å². The lowest BCUT2D eigenvalue weighted by Gasteiger charge is -2.29. The molecule has 1 N–H and O–H groups in total. The molecule has 32 heavy (non-hydrogen) atoms. The smallest absolute Gasteiger partial charge is 0.267 e. The van der Waals surface area contributed by atoms with Crippen molar-refractivity contribution in [1.29, 1.82) is 0 Å². The normalized spacial score (nSPS) is 23.6. The van der Waals surface area contributed by atoms with Crippen LogP contribution in [0, 0.1) is 0 Å². The number of nitrogens with zero attached hydrogens (tertiary/aromatic N) is 3. The van der Waals surface area contributed by atoms with Crippen LogP contribution in [0.25, 0.3) is 11.7 Å². The average Bonchev–Trinajstić information content (AvgIpc) is 3.43. The van der Waals surface area contributed by atoms with Gasteiger partial charge in [0, 0.05) is 25.4 Å². The molecule has 7 nitrogen and oxygen atoms in total. The zero-order chi connectivity index (χ0) is 22.1. The van der Waals surface area contributed by atoms with Crippen LogP contribution in [-0.4, -0.2) is 49.8 Å². The lowest BCUT2D eigenvalue weighted by molar-refractivity contribution is -0.124. The van der Waals surface area contributed by atoms with E-state index in [1.807, 2.05) is 6.07 Å². The fourth-order valence-electron chi connectivity index (χ4n) is 4.65. The van der Waals surface area contributed by atoms with E-state index in [1.165, 1.54) is 22.6 Å². The first-order valence-electron chi connectivity index (χ1n) is 11.3. The first kappa shape index (κ1) is 21.6. The second-order valence-corrected chi connectivity index (χ2v) is 10.1. The van der Waals surface area contributed by atoms with Crippen molar-refractivity contribution in [1.82, 2.24) is 14.3 Å². The van der Waals surface area contributed by atoms with E-state index in [-0.39, 0.29) is 23.6 Å². The second kappa shape index (κ2) is 9.33. The summed E-state index contributed by atoms with van der Waals surface area (Å²) in [7, 11) is 0. The predicted molar refractivity (Wildman–Crippen MR) is 131 cm³/mol. The monoisotopic (exact) mass is 470 g/mol. The van der Waals surface area contributed by atoms with E-state index in [9.17, 15) is 9.59 Å². The molecule has 0 aromatic carbocycles. The Hall–Kier alpha value is -2.23. The minimum absolute atomic E-state index is 0.100. The molecule has 0 spiro atoms.